The summed E-state index contributed by atoms with van der Waals surface area (Å²) in [6.45, 7) is 3.87. The van der Waals surface area contributed by atoms with E-state index in [0.29, 0.717) is 28.6 Å². The molecule has 0 atom stereocenters. The third kappa shape index (κ3) is 3.52. The zero-order valence-electron chi connectivity index (χ0n) is 11.3. The molecule has 6 heteroatoms. The molecule has 0 unspecified atom stereocenters. The van der Waals surface area contributed by atoms with Gasteiger partial charge in [0.2, 0.25) is 5.91 Å². The van der Waals surface area contributed by atoms with Crippen LogP contribution in [0.3, 0.4) is 0 Å². The van der Waals surface area contributed by atoms with Crippen molar-refractivity contribution in [3.8, 4) is 0 Å². The monoisotopic (exact) mass is 311 g/mol. The van der Waals surface area contributed by atoms with Gasteiger partial charge in [0.1, 0.15) is 0 Å². The first kappa shape index (κ1) is 14.9. The van der Waals surface area contributed by atoms with Gasteiger partial charge in [0.15, 0.2) is 0 Å². The number of nitrogens with one attached hydrogen (secondary N) is 2. The van der Waals surface area contributed by atoms with E-state index in [4.69, 9.17) is 23.2 Å². The number of H-pyrrole nitrogens is 1. The van der Waals surface area contributed by atoms with Gasteiger partial charge < -0.3 is 5.32 Å². The normalized spacial score (nSPS) is 10.6. The number of hydrogen-bond donors (Lipinski definition) is 2. The van der Waals surface area contributed by atoms with Gasteiger partial charge in [-0.2, -0.15) is 5.10 Å². The molecule has 4 nitrogen and oxygen atoms in total. The molecule has 0 fully saturated rings. The van der Waals surface area contributed by atoms with Crippen LogP contribution in [-0.2, 0) is 11.2 Å². The van der Waals surface area contributed by atoms with Gasteiger partial charge in [-0.15, -0.1) is 0 Å². The average Bonchev–Trinajstić information content (AvgIpc) is 2.70. The molecule has 2 aromatic rings. The fourth-order valence-corrected chi connectivity index (χ4v) is 2.44. The maximum atomic E-state index is 11.9. The van der Waals surface area contributed by atoms with Crippen molar-refractivity contribution >= 4 is 34.8 Å². The quantitative estimate of drug-likeness (QED) is 0.899. The zero-order valence-corrected chi connectivity index (χ0v) is 12.8. The number of anilines is 1. The fraction of sp³-hybridized carbons (Fsp3) is 0.286. The van der Waals surface area contributed by atoms with E-state index < -0.39 is 0 Å². The van der Waals surface area contributed by atoms with Gasteiger partial charge in [-0.05, 0) is 44.0 Å². The van der Waals surface area contributed by atoms with Crippen molar-refractivity contribution in [3.63, 3.8) is 0 Å². The van der Waals surface area contributed by atoms with E-state index in [9.17, 15) is 4.79 Å². The second-order valence-electron chi connectivity index (χ2n) is 4.58. The second kappa shape index (κ2) is 6.29. The highest BCUT2D eigenvalue weighted by Crippen LogP contribution is 2.25. The molecule has 0 saturated heterocycles. The Kier molecular flexibility index (Phi) is 4.68. The lowest BCUT2D eigenvalue weighted by atomic mass is 10.1. The molecular formula is C14H15Cl2N3O. The number of amides is 1. The maximum Gasteiger partial charge on any atom is 0.224 e. The number of halogens is 2. The zero-order chi connectivity index (χ0) is 14.7. The predicted octanol–water partition coefficient (Wildman–Crippen LogP) is 3.90. The van der Waals surface area contributed by atoms with Gasteiger partial charge in [0.25, 0.3) is 0 Å². The second-order valence-corrected chi connectivity index (χ2v) is 5.43. The van der Waals surface area contributed by atoms with E-state index in [0.717, 1.165) is 17.0 Å². The van der Waals surface area contributed by atoms with Crippen LogP contribution in [0.5, 0.6) is 0 Å². The molecule has 0 aliphatic heterocycles. The van der Waals surface area contributed by atoms with Gasteiger partial charge in [-0.3, -0.25) is 9.89 Å². The summed E-state index contributed by atoms with van der Waals surface area (Å²) in [5, 5.41) is 10.8. The van der Waals surface area contributed by atoms with Crippen molar-refractivity contribution in [2.75, 3.05) is 5.32 Å². The summed E-state index contributed by atoms with van der Waals surface area (Å²) in [5.74, 6) is -0.0887. The smallest absolute Gasteiger partial charge is 0.224 e. The van der Waals surface area contributed by atoms with E-state index in [1.54, 1.807) is 18.2 Å². The van der Waals surface area contributed by atoms with Crippen LogP contribution in [0.4, 0.5) is 5.69 Å². The van der Waals surface area contributed by atoms with Crippen LogP contribution in [-0.4, -0.2) is 16.1 Å². The molecule has 2 N–H and O–H groups in total. The van der Waals surface area contributed by atoms with Crippen LogP contribution in [0.15, 0.2) is 18.2 Å². The van der Waals surface area contributed by atoms with Crippen molar-refractivity contribution in [1.29, 1.82) is 0 Å². The molecule has 0 aliphatic rings. The lowest BCUT2D eigenvalue weighted by molar-refractivity contribution is -0.116. The number of carbonyl (C=O) groups excluding carboxylic acids is 1. The number of rotatable bonds is 4. The Hall–Kier alpha value is -1.52. The largest absolute Gasteiger partial charge is 0.325 e. The van der Waals surface area contributed by atoms with Crippen molar-refractivity contribution < 1.29 is 4.79 Å². The summed E-state index contributed by atoms with van der Waals surface area (Å²) in [6, 6.07) is 4.98. The van der Waals surface area contributed by atoms with Gasteiger partial charge in [0, 0.05) is 17.1 Å². The van der Waals surface area contributed by atoms with Crippen LogP contribution < -0.4 is 5.32 Å². The highest BCUT2D eigenvalue weighted by atomic mass is 35.5. The Morgan fingerprint density at radius 1 is 1.35 bits per heavy atom. The molecule has 0 radical (unpaired) electrons. The van der Waals surface area contributed by atoms with Gasteiger partial charge in [-0.1, -0.05) is 23.2 Å². The number of aromatic amines is 1. The van der Waals surface area contributed by atoms with E-state index >= 15 is 0 Å². The van der Waals surface area contributed by atoms with Crippen LogP contribution in [0.1, 0.15) is 23.4 Å². The minimum Gasteiger partial charge on any atom is -0.325 e. The third-order valence-corrected chi connectivity index (χ3v) is 3.64. The van der Waals surface area contributed by atoms with E-state index in [-0.39, 0.29) is 5.91 Å². The Labute approximate surface area is 127 Å². The first-order valence-corrected chi connectivity index (χ1v) is 6.98. The van der Waals surface area contributed by atoms with Crippen LogP contribution in [0, 0.1) is 13.8 Å². The van der Waals surface area contributed by atoms with E-state index in [1.807, 2.05) is 13.8 Å². The number of nitrogens with zero attached hydrogens (tertiary/aromatic N) is 1. The number of hydrogen-bond acceptors (Lipinski definition) is 2. The molecule has 0 aliphatic carbocycles. The molecule has 20 heavy (non-hydrogen) atoms. The van der Waals surface area contributed by atoms with Gasteiger partial charge in [-0.25, -0.2) is 0 Å². The minimum absolute atomic E-state index is 0.0887. The lowest BCUT2D eigenvalue weighted by Gasteiger charge is -2.07. The van der Waals surface area contributed by atoms with E-state index in [2.05, 4.69) is 15.5 Å². The molecule has 1 aromatic carbocycles. The summed E-state index contributed by atoms with van der Waals surface area (Å²) >= 11 is 11.8. The number of benzene rings is 1. The number of carbonyl (C=O) groups is 1. The number of aryl methyl sites for hydroxylation is 2. The van der Waals surface area contributed by atoms with Crippen LogP contribution >= 0.6 is 23.2 Å². The highest BCUT2D eigenvalue weighted by molar-refractivity contribution is 6.36. The molecule has 1 aromatic heterocycles. The molecule has 2 rings (SSSR count). The third-order valence-electron chi connectivity index (χ3n) is 3.09. The van der Waals surface area contributed by atoms with Crippen LogP contribution in [0.2, 0.25) is 10.0 Å². The highest BCUT2D eigenvalue weighted by Gasteiger charge is 2.10. The van der Waals surface area contributed by atoms with Crippen molar-refractivity contribution in [1.82, 2.24) is 10.2 Å². The molecular weight excluding hydrogens is 297 g/mol. The van der Waals surface area contributed by atoms with E-state index in [1.165, 1.54) is 0 Å². The molecule has 106 valence electrons. The fourth-order valence-electron chi connectivity index (χ4n) is 1.98. The molecule has 0 bridgehead atoms. The molecule has 0 spiro atoms. The first-order valence-electron chi connectivity index (χ1n) is 6.22. The SMILES string of the molecule is Cc1n[nH]c(C)c1CCC(=O)Nc1ccc(Cl)cc1Cl. The van der Waals surface area contributed by atoms with Crippen molar-refractivity contribution in [3.05, 3.63) is 45.2 Å². The molecule has 0 saturated carbocycles. The molecule has 1 heterocycles. The first-order chi connectivity index (χ1) is 9.47. The summed E-state index contributed by atoms with van der Waals surface area (Å²) in [5.41, 5.74) is 3.59. The predicted molar refractivity (Wildman–Crippen MR) is 81.5 cm³/mol. The summed E-state index contributed by atoms with van der Waals surface area (Å²) in [4.78, 5) is 11.9. The Morgan fingerprint density at radius 2 is 2.10 bits per heavy atom. The average molecular weight is 312 g/mol. The molecule has 1 amide bonds. The lowest BCUT2D eigenvalue weighted by Crippen LogP contribution is -2.13. The maximum absolute atomic E-state index is 11.9. The summed E-state index contributed by atoms with van der Waals surface area (Å²) in [7, 11) is 0. The number of aromatic nitrogens is 2. The summed E-state index contributed by atoms with van der Waals surface area (Å²) < 4.78 is 0. The Morgan fingerprint density at radius 3 is 2.70 bits per heavy atom. The van der Waals surface area contributed by atoms with Crippen molar-refractivity contribution in [2.24, 2.45) is 0 Å². The Balaban J connectivity index is 1.96. The minimum atomic E-state index is -0.0887. The van der Waals surface area contributed by atoms with Gasteiger partial charge in [0.05, 0.1) is 16.4 Å². The van der Waals surface area contributed by atoms with Crippen molar-refractivity contribution in [2.45, 2.75) is 26.7 Å². The van der Waals surface area contributed by atoms with Gasteiger partial charge >= 0.3 is 0 Å². The summed E-state index contributed by atoms with van der Waals surface area (Å²) in [6.07, 6.45) is 1.02. The van der Waals surface area contributed by atoms with Crippen LogP contribution in [0.25, 0.3) is 0 Å². The Bertz CT molecular complexity index is 618. The topological polar surface area (TPSA) is 57.8 Å². The standard InChI is InChI=1S/C14H15Cl2N3O/c1-8-11(9(2)19-18-8)4-6-14(20)17-13-5-3-10(15)7-12(13)16/h3,5,7H,4,6H2,1-2H3,(H,17,20)(H,18,19).